The Morgan fingerprint density at radius 3 is 2.93 bits per heavy atom. The predicted molar refractivity (Wildman–Crippen MR) is 59.8 cm³/mol. The van der Waals surface area contributed by atoms with E-state index in [1.807, 2.05) is 6.92 Å². The molecule has 0 radical (unpaired) electrons. The van der Waals surface area contributed by atoms with Gasteiger partial charge in [0.2, 0.25) is 0 Å². The van der Waals surface area contributed by atoms with Crippen LogP contribution in [0.2, 0.25) is 0 Å². The van der Waals surface area contributed by atoms with E-state index in [1.165, 1.54) is 16.7 Å². The molecule has 1 nitrogen and oxygen atoms in total. The molecule has 1 aromatic rings. The van der Waals surface area contributed by atoms with Crippen LogP contribution in [0.4, 0.5) is 0 Å². The van der Waals surface area contributed by atoms with Crippen LogP contribution in [0.25, 0.3) is 6.08 Å². The molecular formula is C13H16O. The van der Waals surface area contributed by atoms with Crippen LogP contribution in [0.5, 0.6) is 5.75 Å². The third-order valence-electron chi connectivity index (χ3n) is 2.69. The molecule has 1 heteroatoms. The van der Waals surface area contributed by atoms with Crippen molar-refractivity contribution in [2.24, 2.45) is 0 Å². The Balaban J connectivity index is 2.52. The van der Waals surface area contributed by atoms with Crippen LogP contribution in [-0.2, 0) is 0 Å². The maximum absolute atomic E-state index is 5.65. The molecule has 0 aromatic heterocycles. The molecule has 1 atom stereocenters. The van der Waals surface area contributed by atoms with E-state index < -0.39 is 0 Å². The summed E-state index contributed by atoms with van der Waals surface area (Å²) < 4.78 is 5.65. The van der Waals surface area contributed by atoms with Crippen molar-refractivity contribution in [2.45, 2.75) is 26.7 Å². The Hall–Kier alpha value is -1.24. The third kappa shape index (κ3) is 1.43. The van der Waals surface area contributed by atoms with Crippen LogP contribution in [0.1, 0.15) is 36.5 Å². The van der Waals surface area contributed by atoms with E-state index >= 15 is 0 Å². The molecule has 1 aliphatic rings. The van der Waals surface area contributed by atoms with Gasteiger partial charge in [-0.1, -0.05) is 19.1 Å². The van der Waals surface area contributed by atoms with Gasteiger partial charge in [-0.05, 0) is 37.1 Å². The first-order chi connectivity index (χ1) is 6.72. The summed E-state index contributed by atoms with van der Waals surface area (Å²) in [6.07, 6.45) is 4.21. The Kier molecular flexibility index (Phi) is 2.32. The molecule has 0 aliphatic carbocycles. The second kappa shape index (κ2) is 3.49. The number of aryl methyl sites for hydroxylation is 1. The number of benzene rings is 1. The normalized spacial score (nSPS) is 19.8. The average molecular weight is 188 g/mol. The van der Waals surface area contributed by atoms with Gasteiger partial charge in [0.15, 0.2) is 0 Å². The summed E-state index contributed by atoms with van der Waals surface area (Å²) >= 11 is 0. The highest BCUT2D eigenvalue weighted by molar-refractivity contribution is 5.58. The van der Waals surface area contributed by atoms with Gasteiger partial charge in [-0.25, -0.2) is 0 Å². The molecule has 0 saturated carbocycles. The van der Waals surface area contributed by atoms with Crippen molar-refractivity contribution in [1.82, 2.24) is 0 Å². The molecule has 0 saturated heterocycles. The number of allylic oxidation sites excluding steroid dienone is 1. The fourth-order valence-corrected chi connectivity index (χ4v) is 1.98. The van der Waals surface area contributed by atoms with Crippen molar-refractivity contribution < 1.29 is 4.74 Å². The molecule has 0 fully saturated rings. The zero-order valence-electron chi connectivity index (χ0n) is 9.00. The summed E-state index contributed by atoms with van der Waals surface area (Å²) in [7, 11) is 0. The minimum Gasteiger partial charge on any atom is -0.492 e. The molecule has 74 valence electrons. The summed E-state index contributed by atoms with van der Waals surface area (Å²) in [5, 5.41) is 0. The number of hydrogen-bond donors (Lipinski definition) is 0. The van der Waals surface area contributed by atoms with E-state index in [0.29, 0.717) is 5.92 Å². The van der Waals surface area contributed by atoms with E-state index in [-0.39, 0.29) is 0 Å². The van der Waals surface area contributed by atoms with Crippen molar-refractivity contribution in [1.29, 1.82) is 0 Å². The van der Waals surface area contributed by atoms with Gasteiger partial charge in [0, 0.05) is 11.5 Å². The first-order valence-corrected chi connectivity index (χ1v) is 5.12. The second-order valence-electron chi connectivity index (χ2n) is 3.97. The molecule has 2 rings (SSSR count). The molecule has 1 aromatic carbocycles. The van der Waals surface area contributed by atoms with Gasteiger partial charge in [-0.15, -0.1) is 0 Å². The zero-order valence-corrected chi connectivity index (χ0v) is 9.00. The van der Waals surface area contributed by atoms with Crippen LogP contribution >= 0.6 is 0 Å². The Morgan fingerprint density at radius 1 is 1.43 bits per heavy atom. The smallest absolute Gasteiger partial charge is 0.125 e. The van der Waals surface area contributed by atoms with Gasteiger partial charge in [0.25, 0.3) is 0 Å². The fraction of sp³-hybridized carbons (Fsp3) is 0.385. The molecular weight excluding hydrogens is 172 g/mol. The zero-order chi connectivity index (χ0) is 10.1. The molecule has 0 N–H and O–H groups in total. The lowest BCUT2D eigenvalue weighted by atomic mass is 9.98. The molecule has 14 heavy (non-hydrogen) atoms. The monoisotopic (exact) mass is 188 g/mol. The topological polar surface area (TPSA) is 9.23 Å². The van der Waals surface area contributed by atoms with Crippen LogP contribution < -0.4 is 4.74 Å². The van der Waals surface area contributed by atoms with Crippen molar-refractivity contribution in [3.63, 3.8) is 0 Å². The van der Waals surface area contributed by atoms with E-state index in [9.17, 15) is 0 Å². The van der Waals surface area contributed by atoms with Crippen LogP contribution in [-0.4, -0.2) is 6.61 Å². The van der Waals surface area contributed by atoms with E-state index in [0.717, 1.165) is 12.4 Å². The number of hydrogen-bond acceptors (Lipinski definition) is 1. The van der Waals surface area contributed by atoms with Gasteiger partial charge in [0.05, 0.1) is 6.61 Å². The lowest BCUT2D eigenvalue weighted by molar-refractivity contribution is 0.335. The van der Waals surface area contributed by atoms with Crippen molar-refractivity contribution in [3.8, 4) is 5.75 Å². The highest BCUT2D eigenvalue weighted by Crippen LogP contribution is 2.37. The quantitative estimate of drug-likeness (QED) is 0.655. The average Bonchev–Trinajstić information content (AvgIpc) is 2.49. The van der Waals surface area contributed by atoms with Crippen LogP contribution in [0.15, 0.2) is 18.2 Å². The van der Waals surface area contributed by atoms with Crippen molar-refractivity contribution in [2.75, 3.05) is 6.61 Å². The molecule has 0 spiro atoms. The first kappa shape index (κ1) is 9.32. The van der Waals surface area contributed by atoms with Crippen LogP contribution in [0, 0.1) is 6.92 Å². The van der Waals surface area contributed by atoms with Crippen molar-refractivity contribution in [3.05, 3.63) is 34.9 Å². The fourth-order valence-electron chi connectivity index (χ4n) is 1.98. The molecule has 0 unspecified atom stereocenters. The van der Waals surface area contributed by atoms with Gasteiger partial charge in [-0.2, -0.15) is 0 Å². The third-order valence-corrected chi connectivity index (χ3v) is 2.69. The molecule has 1 aliphatic heterocycles. The summed E-state index contributed by atoms with van der Waals surface area (Å²) in [6.45, 7) is 7.20. The maximum atomic E-state index is 5.65. The number of fused-ring (bicyclic) bond motifs is 1. The van der Waals surface area contributed by atoms with Crippen LogP contribution in [0.3, 0.4) is 0 Å². The largest absolute Gasteiger partial charge is 0.492 e. The summed E-state index contributed by atoms with van der Waals surface area (Å²) in [5.74, 6) is 1.64. The maximum Gasteiger partial charge on any atom is 0.125 e. The predicted octanol–water partition coefficient (Wildman–Crippen LogP) is 3.52. The Labute approximate surface area is 85.4 Å². The van der Waals surface area contributed by atoms with Crippen molar-refractivity contribution >= 4 is 6.08 Å². The highest BCUT2D eigenvalue weighted by Gasteiger charge is 2.21. The standard InChI is InChI=1S/C13H16O/c1-4-5-11-6-9(2)13-12(7-11)10(3)8-14-13/h4-7,10H,8H2,1-3H3/b5-4+/t10-/m0/s1. The highest BCUT2D eigenvalue weighted by atomic mass is 16.5. The number of ether oxygens (including phenoxy) is 1. The van der Waals surface area contributed by atoms with Gasteiger partial charge in [0.1, 0.15) is 5.75 Å². The Bertz CT molecular complexity index is 377. The van der Waals surface area contributed by atoms with Gasteiger partial charge < -0.3 is 4.74 Å². The lowest BCUT2D eigenvalue weighted by Gasteiger charge is -2.06. The van der Waals surface area contributed by atoms with E-state index in [1.54, 1.807) is 0 Å². The lowest BCUT2D eigenvalue weighted by Crippen LogP contribution is -1.93. The molecule has 1 heterocycles. The van der Waals surface area contributed by atoms with Gasteiger partial charge >= 0.3 is 0 Å². The summed E-state index contributed by atoms with van der Waals surface area (Å²) in [5.41, 5.74) is 3.89. The summed E-state index contributed by atoms with van der Waals surface area (Å²) in [6, 6.07) is 4.41. The molecule has 0 bridgehead atoms. The summed E-state index contributed by atoms with van der Waals surface area (Å²) in [4.78, 5) is 0. The van der Waals surface area contributed by atoms with E-state index in [2.05, 4.69) is 38.1 Å². The minimum atomic E-state index is 0.536. The Morgan fingerprint density at radius 2 is 2.21 bits per heavy atom. The second-order valence-corrected chi connectivity index (χ2v) is 3.97. The molecule has 0 amide bonds. The number of rotatable bonds is 1. The SMILES string of the molecule is C/C=C/c1cc(C)c2c(c1)[C@@H](C)CO2. The minimum absolute atomic E-state index is 0.536. The first-order valence-electron chi connectivity index (χ1n) is 5.12. The van der Waals surface area contributed by atoms with E-state index in [4.69, 9.17) is 4.74 Å². The van der Waals surface area contributed by atoms with Gasteiger partial charge in [-0.3, -0.25) is 0 Å².